The highest BCUT2D eigenvalue weighted by Crippen LogP contribution is 2.29. The summed E-state index contributed by atoms with van der Waals surface area (Å²) in [4.78, 5) is 13.9. The molecule has 0 aliphatic rings. The van der Waals surface area contributed by atoms with E-state index in [2.05, 4.69) is 0 Å². The molecule has 0 saturated heterocycles. The first-order valence-corrected chi connectivity index (χ1v) is 9.11. The van der Waals surface area contributed by atoms with Gasteiger partial charge in [-0.1, -0.05) is 24.3 Å². The van der Waals surface area contributed by atoms with Crippen LogP contribution < -0.4 is 9.47 Å². The lowest BCUT2D eigenvalue weighted by molar-refractivity contribution is 0.105. The lowest BCUT2D eigenvalue weighted by Crippen LogP contribution is -1.96. The molecule has 0 amide bonds. The normalized spacial score (nSPS) is 10.9. The van der Waals surface area contributed by atoms with Gasteiger partial charge >= 0.3 is 0 Å². The van der Waals surface area contributed by atoms with Gasteiger partial charge in [-0.05, 0) is 46.7 Å². The second-order valence-electron chi connectivity index (χ2n) is 4.95. The Morgan fingerprint density at radius 3 is 2.62 bits per heavy atom. The number of carbonyl (C=O) groups is 1. The third-order valence-corrected chi connectivity index (χ3v) is 5.06. The topological polar surface area (TPSA) is 35.5 Å². The van der Waals surface area contributed by atoms with Crippen molar-refractivity contribution in [1.82, 2.24) is 0 Å². The first-order valence-electron chi connectivity index (χ1n) is 7.35. The minimum absolute atomic E-state index is 0.00184. The first kappa shape index (κ1) is 16.5. The van der Waals surface area contributed by atoms with E-state index >= 15 is 0 Å². The van der Waals surface area contributed by atoms with E-state index in [1.165, 1.54) is 11.3 Å². The fourth-order valence-corrected chi connectivity index (χ4v) is 3.38. The predicted molar refractivity (Wildman–Crippen MR) is 99.3 cm³/mol. The molecule has 0 spiro atoms. The number of rotatable bonds is 7. The minimum Gasteiger partial charge on any atom is -0.493 e. The van der Waals surface area contributed by atoms with Crippen molar-refractivity contribution in [2.75, 3.05) is 7.11 Å². The monoisotopic (exact) mass is 356 g/mol. The van der Waals surface area contributed by atoms with Gasteiger partial charge in [0.15, 0.2) is 17.3 Å². The van der Waals surface area contributed by atoms with Crippen molar-refractivity contribution in [2.24, 2.45) is 0 Å². The van der Waals surface area contributed by atoms with E-state index in [1.807, 2.05) is 53.2 Å². The quantitative estimate of drug-likeness (QED) is 0.426. The maximum Gasteiger partial charge on any atom is 0.195 e. The van der Waals surface area contributed by atoms with Crippen LogP contribution in [0.5, 0.6) is 11.5 Å². The van der Waals surface area contributed by atoms with Crippen molar-refractivity contribution < 1.29 is 14.3 Å². The summed E-state index contributed by atoms with van der Waals surface area (Å²) in [5.41, 5.74) is 0.889. The molecular weight excluding hydrogens is 340 g/mol. The molecule has 5 heteroatoms. The smallest absolute Gasteiger partial charge is 0.195 e. The Hall–Kier alpha value is -2.37. The number of thiophene rings is 2. The van der Waals surface area contributed by atoms with Gasteiger partial charge in [0, 0.05) is 4.88 Å². The third-order valence-electron chi connectivity index (χ3n) is 3.33. The number of benzene rings is 1. The number of ether oxygens (including phenoxy) is 2. The summed E-state index contributed by atoms with van der Waals surface area (Å²) in [6, 6.07) is 13.4. The zero-order valence-corrected chi connectivity index (χ0v) is 14.7. The van der Waals surface area contributed by atoms with Gasteiger partial charge in [0.1, 0.15) is 6.61 Å². The Morgan fingerprint density at radius 1 is 1.08 bits per heavy atom. The van der Waals surface area contributed by atoms with Crippen LogP contribution in [0.2, 0.25) is 0 Å². The second-order valence-corrected chi connectivity index (χ2v) is 6.93. The largest absolute Gasteiger partial charge is 0.493 e. The van der Waals surface area contributed by atoms with E-state index < -0.39 is 0 Å². The Balaban J connectivity index is 1.70. The summed E-state index contributed by atoms with van der Waals surface area (Å²) in [5.74, 6) is 1.34. The Morgan fingerprint density at radius 2 is 1.92 bits per heavy atom. The summed E-state index contributed by atoms with van der Waals surface area (Å²) < 4.78 is 11.2. The molecule has 0 aliphatic carbocycles. The molecule has 24 heavy (non-hydrogen) atoms. The summed E-state index contributed by atoms with van der Waals surface area (Å²) in [7, 11) is 1.61. The van der Waals surface area contributed by atoms with Crippen LogP contribution in [0.4, 0.5) is 0 Å². The Labute approximate surface area is 148 Å². The van der Waals surface area contributed by atoms with Gasteiger partial charge < -0.3 is 9.47 Å². The molecular formula is C19H16O3S2. The van der Waals surface area contributed by atoms with Gasteiger partial charge in [-0.15, -0.1) is 22.7 Å². The molecule has 0 radical (unpaired) electrons. The van der Waals surface area contributed by atoms with E-state index in [-0.39, 0.29) is 5.78 Å². The van der Waals surface area contributed by atoms with Gasteiger partial charge in [-0.2, -0.15) is 0 Å². The number of carbonyl (C=O) groups excluding carboxylic acids is 1. The molecule has 0 bridgehead atoms. The maximum atomic E-state index is 12.0. The maximum absolute atomic E-state index is 12.0. The number of methoxy groups -OCH3 is 1. The molecule has 2 aromatic heterocycles. The van der Waals surface area contributed by atoms with E-state index in [0.717, 1.165) is 15.3 Å². The van der Waals surface area contributed by atoms with Crippen molar-refractivity contribution in [3.63, 3.8) is 0 Å². The van der Waals surface area contributed by atoms with Crippen LogP contribution in [0.3, 0.4) is 0 Å². The van der Waals surface area contributed by atoms with Crippen LogP contribution in [0.25, 0.3) is 6.08 Å². The van der Waals surface area contributed by atoms with Gasteiger partial charge in [0.25, 0.3) is 0 Å². The third kappa shape index (κ3) is 4.13. The van der Waals surface area contributed by atoms with Crippen molar-refractivity contribution in [1.29, 1.82) is 0 Å². The molecule has 0 atom stereocenters. The average molecular weight is 356 g/mol. The molecule has 1 aromatic carbocycles. The highest BCUT2D eigenvalue weighted by molar-refractivity contribution is 7.12. The predicted octanol–water partition coefficient (Wildman–Crippen LogP) is 5.29. The zero-order chi connectivity index (χ0) is 16.8. The number of allylic oxidation sites excluding steroid dienone is 1. The molecule has 3 rings (SSSR count). The molecule has 0 fully saturated rings. The lowest BCUT2D eigenvalue weighted by atomic mass is 10.1. The molecule has 3 nitrogen and oxygen atoms in total. The summed E-state index contributed by atoms with van der Waals surface area (Å²) in [5, 5.41) is 3.91. The standard InChI is InChI=1S/C19H16O3S2/c1-21-18-12-14(6-8-16(20)19-5-3-11-24-19)7-9-17(18)22-13-15-4-2-10-23-15/h2-12H,13H2,1H3/b8-6+. The van der Waals surface area contributed by atoms with Gasteiger partial charge in [0.2, 0.25) is 0 Å². The number of ketones is 1. The van der Waals surface area contributed by atoms with Crippen LogP contribution in [-0.4, -0.2) is 12.9 Å². The Kier molecular flexibility index (Phi) is 5.46. The van der Waals surface area contributed by atoms with Gasteiger partial charge in [0.05, 0.1) is 12.0 Å². The van der Waals surface area contributed by atoms with E-state index in [1.54, 1.807) is 30.6 Å². The van der Waals surface area contributed by atoms with Crippen LogP contribution >= 0.6 is 22.7 Å². The number of hydrogen-bond acceptors (Lipinski definition) is 5. The second kappa shape index (κ2) is 7.95. The summed E-state index contributed by atoms with van der Waals surface area (Å²) >= 11 is 3.09. The van der Waals surface area contributed by atoms with Gasteiger partial charge in [-0.25, -0.2) is 0 Å². The fraction of sp³-hybridized carbons (Fsp3) is 0.105. The van der Waals surface area contributed by atoms with Crippen LogP contribution in [-0.2, 0) is 6.61 Å². The van der Waals surface area contributed by atoms with E-state index in [0.29, 0.717) is 18.1 Å². The molecule has 0 saturated carbocycles. The molecule has 0 N–H and O–H groups in total. The summed E-state index contributed by atoms with van der Waals surface area (Å²) in [6.07, 6.45) is 3.36. The molecule has 122 valence electrons. The molecule has 3 aromatic rings. The summed E-state index contributed by atoms with van der Waals surface area (Å²) in [6.45, 7) is 0.514. The first-order chi connectivity index (χ1) is 11.8. The average Bonchev–Trinajstić information content (AvgIpc) is 3.31. The zero-order valence-electron chi connectivity index (χ0n) is 13.1. The van der Waals surface area contributed by atoms with Crippen molar-refractivity contribution in [2.45, 2.75) is 6.61 Å². The number of hydrogen-bond donors (Lipinski definition) is 0. The van der Waals surface area contributed by atoms with Crippen LogP contribution in [0.15, 0.2) is 59.3 Å². The fourth-order valence-electron chi connectivity index (χ4n) is 2.12. The van der Waals surface area contributed by atoms with Crippen molar-refractivity contribution in [3.05, 3.63) is 74.6 Å². The van der Waals surface area contributed by atoms with E-state index in [4.69, 9.17) is 9.47 Å². The van der Waals surface area contributed by atoms with E-state index in [9.17, 15) is 4.79 Å². The molecule has 2 heterocycles. The SMILES string of the molecule is COc1cc(/C=C/C(=O)c2cccs2)ccc1OCc1cccs1. The van der Waals surface area contributed by atoms with Crippen LogP contribution in [0.1, 0.15) is 20.1 Å². The molecule has 0 unspecified atom stereocenters. The minimum atomic E-state index is 0.00184. The van der Waals surface area contributed by atoms with Gasteiger partial charge in [-0.3, -0.25) is 4.79 Å². The van der Waals surface area contributed by atoms with Crippen molar-refractivity contribution >= 4 is 34.5 Å². The lowest BCUT2D eigenvalue weighted by Gasteiger charge is -2.10. The molecule has 0 aliphatic heterocycles. The Bertz CT molecular complexity index is 818. The highest BCUT2D eigenvalue weighted by Gasteiger charge is 2.07. The van der Waals surface area contributed by atoms with Crippen molar-refractivity contribution in [3.8, 4) is 11.5 Å². The highest BCUT2D eigenvalue weighted by atomic mass is 32.1. The van der Waals surface area contributed by atoms with Crippen LogP contribution in [0, 0.1) is 0 Å².